The lowest BCUT2D eigenvalue weighted by molar-refractivity contribution is -0.145. The summed E-state index contributed by atoms with van der Waals surface area (Å²) >= 11 is 0. The number of nitrogens with one attached hydrogen (secondary N) is 1. The van der Waals surface area contributed by atoms with E-state index in [1.807, 2.05) is 20.8 Å². The van der Waals surface area contributed by atoms with Crippen molar-refractivity contribution in [3.8, 4) is 0 Å². The molecular formula is C12H23NO4. The van der Waals surface area contributed by atoms with Crippen molar-refractivity contribution in [2.45, 2.75) is 52.7 Å². The number of carbonyl (C=O) groups excluding carboxylic acids is 1. The second kappa shape index (κ2) is 7.27. The minimum absolute atomic E-state index is 0.164. The molecule has 0 radical (unpaired) electrons. The minimum atomic E-state index is -1.14. The van der Waals surface area contributed by atoms with Gasteiger partial charge in [-0.3, -0.25) is 4.79 Å². The maximum absolute atomic E-state index is 11.6. The first-order valence-electron chi connectivity index (χ1n) is 6.00. The van der Waals surface area contributed by atoms with Crippen LogP contribution < -0.4 is 5.32 Å². The second-order valence-electron chi connectivity index (χ2n) is 4.86. The Morgan fingerprint density at radius 1 is 1.24 bits per heavy atom. The summed E-state index contributed by atoms with van der Waals surface area (Å²) in [5.41, 5.74) is 0. The van der Waals surface area contributed by atoms with Gasteiger partial charge in [0.05, 0.1) is 0 Å². The van der Waals surface area contributed by atoms with E-state index >= 15 is 0 Å². The molecule has 0 fully saturated rings. The summed E-state index contributed by atoms with van der Waals surface area (Å²) in [5.74, 6) is -1.65. The first-order chi connectivity index (χ1) is 7.79. The number of aliphatic hydroxyl groups excluding tert-OH is 1. The molecule has 5 heteroatoms. The van der Waals surface area contributed by atoms with E-state index < -0.39 is 24.0 Å². The third kappa shape index (κ3) is 5.68. The van der Waals surface area contributed by atoms with E-state index in [1.165, 1.54) is 0 Å². The molecule has 0 heterocycles. The Kier molecular flexibility index (Phi) is 6.80. The second-order valence-corrected chi connectivity index (χ2v) is 4.86. The lowest BCUT2D eigenvalue weighted by atomic mass is 9.98. The maximum Gasteiger partial charge on any atom is 0.326 e. The van der Waals surface area contributed by atoms with Crippen LogP contribution in [-0.4, -0.2) is 34.2 Å². The molecule has 0 aromatic heterocycles. The number of carbonyl (C=O) groups is 2. The van der Waals surface area contributed by atoms with E-state index in [-0.39, 0.29) is 11.8 Å². The quantitative estimate of drug-likeness (QED) is 0.624. The molecule has 3 atom stereocenters. The highest BCUT2D eigenvalue weighted by Crippen LogP contribution is 2.10. The first kappa shape index (κ1) is 15.9. The average Bonchev–Trinajstić information content (AvgIpc) is 2.22. The van der Waals surface area contributed by atoms with Crippen molar-refractivity contribution in [3.63, 3.8) is 0 Å². The highest BCUT2D eigenvalue weighted by atomic mass is 16.4. The van der Waals surface area contributed by atoms with Gasteiger partial charge in [-0.2, -0.15) is 0 Å². The molecule has 0 saturated heterocycles. The van der Waals surface area contributed by atoms with Crippen LogP contribution in [0.25, 0.3) is 0 Å². The fraction of sp³-hybridized carbons (Fsp3) is 0.833. The van der Waals surface area contributed by atoms with Crippen LogP contribution in [0.2, 0.25) is 0 Å². The molecule has 0 spiro atoms. The molecule has 0 aliphatic carbocycles. The van der Waals surface area contributed by atoms with Crippen LogP contribution >= 0.6 is 0 Å². The Morgan fingerprint density at radius 3 is 2.12 bits per heavy atom. The predicted molar refractivity (Wildman–Crippen MR) is 64.5 cm³/mol. The summed E-state index contributed by atoms with van der Waals surface area (Å²) in [4.78, 5) is 22.6. The average molecular weight is 245 g/mol. The van der Waals surface area contributed by atoms with Crippen LogP contribution in [-0.2, 0) is 9.59 Å². The molecule has 0 aromatic carbocycles. The number of aliphatic carboxylic acids is 1. The van der Waals surface area contributed by atoms with Crippen LogP contribution in [0.15, 0.2) is 0 Å². The number of hydrogen-bond acceptors (Lipinski definition) is 3. The van der Waals surface area contributed by atoms with Crippen molar-refractivity contribution in [2.75, 3.05) is 0 Å². The topological polar surface area (TPSA) is 86.6 Å². The summed E-state index contributed by atoms with van der Waals surface area (Å²) < 4.78 is 0. The van der Waals surface area contributed by atoms with Crippen LogP contribution in [0, 0.1) is 11.8 Å². The van der Waals surface area contributed by atoms with Gasteiger partial charge in [-0.05, 0) is 18.3 Å². The van der Waals surface area contributed by atoms with Crippen molar-refractivity contribution in [2.24, 2.45) is 11.8 Å². The van der Waals surface area contributed by atoms with Gasteiger partial charge in [0.25, 0.3) is 0 Å². The maximum atomic E-state index is 11.6. The first-order valence-corrected chi connectivity index (χ1v) is 6.00. The molecule has 0 saturated carbocycles. The summed E-state index contributed by atoms with van der Waals surface area (Å²) in [6.07, 6.45) is -0.156. The minimum Gasteiger partial charge on any atom is -0.480 e. The molecule has 100 valence electrons. The summed E-state index contributed by atoms with van der Waals surface area (Å²) in [6.45, 7) is 7.39. The molecule has 0 aliphatic rings. The zero-order chi connectivity index (χ0) is 13.6. The standard InChI is InChI=1S/C12H23NO4/c1-5-8(4)10(12(16)17)13-11(15)9(14)6-7(2)3/h7-10,14H,5-6H2,1-4H3,(H,13,15)(H,16,17)/t8-,9+,10-/m1/s1. The van der Waals surface area contributed by atoms with Crippen LogP contribution in [0.1, 0.15) is 40.5 Å². The molecule has 17 heavy (non-hydrogen) atoms. The highest BCUT2D eigenvalue weighted by molar-refractivity contribution is 5.86. The normalized spacial score (nSPS) is 16.4. The summed E-state index contributed by atoms with van der Waals surface area (Å²) in [5, 5.41) is 20.9. The van der Waals surface area contributed by atoms with Crippen molar-refractivity contribution in [1.82, 2.24) is 5.32 Å². The number of carboxylic acids is 1. The zero-order valence-electron chi connectivity index (χ0n) is 10.9. The SMILES string of the molecule is CC[C@@H](C)[C@@H](NC(=O)[C@@H](O)CC(C)C)C(=O)O. The van der Waals surface area contributed by atoms with E-state index in [4.69, 9.17) is 5.11 Å². The van der Waals surface area contributed by atoms with Gasteiger partial charge >= 0.3 is 5.97 Å². The van der Waals surface area contributed by atoms with Gasteiger partial charge in [-0.1, -0.05) is 34.1 Å². The highest BCUT2D eigenvalue weighted by Gasteiger charge is 2.27. The van der Waals surface area contributed by atoms with Gasteiger partial charge in [0.2, 0.25) is 5.91 Å². The van der Waals surface area contributed by atoms with Gasteiger partial charge in [0.15, 0.2) is 0 Å². The molecule has 0 aliphatic heterocycles. The van der Waals surface area contributed by atoms with Crippen LogP contribution in [0.5, 0.6) is 0 Å². The molecule has 0 rings (SSSR count). The largest absolute Gasteiger partial charge is 0.480 e. The van der Waals surface area contributed by atoms with Crippen molar-refractivity contribution in [1.29, 1.82) is 0 Å². The number of rotatable bonds is 7. The van der Waals surface area contributed by atoms with Crippen LogP contribution in [0.4, 0.5) is 0 Å². The smallest absolute Gasteiger partial charge is 0.326 e. The van der Waals surface area contributed by atoms with E-state index in [0.717, 1.165) is 0 Å². The molecule has 1 amide bonds. The van der Waals surface area contributed by atoms with Gasteiger partial charge in [0, 0.05) is 0 Å². The lowest BCUT2D eigenvalue weighted by Gasteiger charge is -2.22. The Hall–Kier alpha value is -1.10. The monoisotopic (exact) mass is 245 g/mol. The molecule has 0 bridgehead atoms. The Labute approximate surface area is 102 Å². The van der Waals surface area contributed by atoms with Crippen molar-refractivity contribution >= 4 is 11.9 Å². The molecular weight excluding hydrogens is 222 g/mol. The van der Waals surface area contributed by atoms with Gasteiger partial charge in [-0.25, -0.2) is 4.79 Å². The Balaban J connectivity index is 4.45. The lowest BCUT2D eigenvalue weighted by Crippen LogP contribution is -2.48. The van der Waals surface area contributed by atoms with Gasteiger partial charge < -0.3 is 15.5 Å². The zero-order valence-corrected chi connectivity index (χ0v) is 10.9. The summed E-state index contributed by atoms with van der Waals surface area (Å²) in [6, 6.07) is -0.936. The van der Waals surface area contributed by atoms with Crippen LogP contribution in [0.3, 0.4) is 0 Å². The van der Waals surface area contributed by atoms with E-state index in [2.05, 4.69) is 5.32 Å². The molecule has 0 aromatic rings. The van der Waals surface area contributed by atoms with E-state index in [1.54, 1.807) is 6.92 Å². The van der Waals surface area contributed by atoms with Crippen molar-refractivity contribution < 1.29 is 19.8 Å². The fourth-order valence-electron chi connectivity index (χ4n) is 1.49. The number of amides is 1. The van der Waals surface area contributed by atoms with Gasteiger partial charge in [0.1, 0.15) is 12.1 Å². The summed E-state index contributed by atoms with van der Waals surface area (Å²) in [7, 11) is 0. The number of aliphatic hydroxyl groups is 1. The third-order valence-electron chi connectivity index (χ3n) is 2.77. The predicted octanol–water partition coefficient (Wildman–Crippen LogP) is 1.01. The molecule has 0 unspecified atom stereocenters. The van der Waals surface area contributed by atoms with E-state index in [0.29, 0.717) is 12.8 Å². The Bertz CT molecular complexity index is 265. The number of carboxylic acid groups (broad SMARTS) is 1. The third-order valence-corrected chi connectivity index (χ3v) is 2.77. The fourth-order valence-corrected chi connectivity index (χ4v) is 1.49. The molecule has 5 nitrogen and oxygen atoms in total. The van der Waals surface area contributed by atoms with Gasteiger partial charge in [-0.15, -0.1) is 0 Å². The number of hydrogen-bond donors (Lipinski definition) is 3. The van der Waals surface area contributed by atoms with Crippen molar-refractivity contribution in [3.05, 3.63) is 0 Å². The molecule has 3 N–H and O–H groups in total. The van der Waals surface area contributed by atoms with E-state index in [9.17, 15) is 14.7 Å². The Morgan fingerprint density at radius 2 is 1.76 bits per heavy atom.